The molecule has 1 heterocycles. The topological polar surface area (TPSA) is 104 Å². The number of carbonyl (C=O) groups is 3. The predicted molar refractivity (Wildman–Crippen MR) is 153 cm³/mol. The molecule has 0 saturated carbocycles. The number of benzene rings is 2. The van der Waals surface area contributed by atoms with E-state index in [1.54, 1.807) is 0 Å². The van der Waals surface area contributed by atoms with Gasteiger partial charge in [0.15, 0.2) is 11.4 Å². The summed E-state index contributed by atoms with van der Waals surface area (Å²) in [6, 6.07) is 12.5. The Hall–Kier alpha value is -4.60. The minimum atomic E-state index is -1.59. The molecule has 0 aliphatic rings. The highest BCUT2D eigenvalue weighted by atomic mass is 19.1. The second-order valence-electron chi connectivity index (χ2n) is 10.0. The standard InChI is InChI=1S/C32H34F2N2O6/c1-7-20(8-2)30(38)42-28-25(40-6)17-18-35-27(28)29(37)36-32(4,5)31(39)41-19(3)26(21-9-13-23(33)14-10-21)22-11-15-24(34)16-12-22/h9-18,20H,7-8H2,1-6H3,(H,36,37). The lowest BCUT2D eigenvalue weighted by molar-refractivity contribution is -0.145. The van der Waals surface area contributed by atoms with Crippen molar-refractivity contribution < 1.29 is 37.4 Å². The predicted octanol–water partition coefficient (Wildman–Crippen LogP) is 6.24. The van der Waals surface area contributed by atoms with Crippen LogP contribution in [0, 0.1) is 17.6 Å². The number of hydrogen-bond donors (Lipinski definition) is 1. The van der Waals surface area contributed by atoms with E-state index in [0.717, 1.165) is 0 Å². The highest BCUT2D eigenvalue weighted by Crippen LogP contribution is 2.32. The first kappa shape index (κ1) is 31.9. The van der Waals surface area contributed by atoms with Crippen molar-refractivity contribution in [2.45, 2.75) is 53.0 Å². The molecule has 8 nitrogen and oxygen atoms in total. The number of hydrogen-bond acceptors (Lipinski definition) is 7. The van der Waals surface area contributed by atoms with Gasteiger partial charge >= 0.3 is 11.9 Å². The largest absolute Gasteiger partial charge is 0.493 e. The summed E-state index contributed by atoms with van der Waals surface area (Å²) in [5.41, 5.74) is -0.355. The molecular weight excluding hydrogens is 546 g/mol. The van der Waals surface area contributed by atoms with E-state index in [2.05, 4.69) is 10.3 Å². The fourth-order valence-electron chi connectivity index (χ4n) is 4.18. The van der Waals surface area contributed by atoms with Crippen LogP contribution < -0.4 is 14.8 Å². The van der Waals surface area contributed by atoms with E-state index in [4.69, 9.17) is 14.2 Å². The molecular formula is C32H34F2N2O6. The minimum Gasteiger partial charge on any atom is -0.493 e. The van der Waals surface area contributed by atoms with E-state index < -0.39 is 35.0 Å². The van der Waals surface area contributed by atoms with Gasteiger partial charge in [-0.2, -0.15) is 0 Å². The number of ether oxygens (including phenoxy) is 3. The second kappa shape index (κ2) is 13.8. The Balaban J connectivity index is 1.91. The minimum absolute atomic E-state index is 0.122. The summed E-state index contributed by atoms with van der Waals surface area (Å²) < 4.78 is 43.8. The highest BCUT2D eigenvalue weighted by molar-refractivity contribution is 6.00. The Kier molecular flexibility index (Phi) is 10.5. The molecule has 0 spiro atoms. The summed E-state index contributed by atoms with van der Waals surface area (Å²) in [4.78, 5) is 43.5. The van der Waals surface area contributed by atoms with Crippen LogP contribution in [0.2, 0.25) is 0 Å². The summed E-state index contributed by atoms with van der Waals surface area (Å²) in [7, 11) is 1.36. The van der Waals surface area contributed by atoms with Crippen molar-refractivity contribution in [2.75, 3.05) is 7.11 Å². The zero-order chi connectivity index (χ0) is 31.0. The molecule has 1 amide bonds. The summed E-state index contributed by atoms with van der Waals surface area (Å²) in [5.74, 6) is -3.35. The number of amides is 1. The maximum Gasteiger partial charge on any atom is 0.336 e. The summed E-state index contributed by atoms with van der Waals surface area (Å²) in [6.45, 7) is 8.12. The second-order valence-corrected chi connectivity index (χ2v) is 10.0. The van der Waals surface area contributed by atoms with E-state index in [1.807, 2.05) is 13.8 Å². The maximum atomic E-state index is 13.6. The highest BCUT2D eigenvalue weighted by Gasteiger charge is 2.35. The van der Waals surface area contributed by atoms with Crippen molar-refractivity contribution in [1.82, 2.24) is 10.3 Å². The third kappa shape index (κ3) is 7.57. The Morgan fingerprint density at radius 2 is 1.43 bits per heavy atom. The van der Waals surface area contributed by atoms with Gasteiger partial charge in [-0.25, -0.2) is 18.6 Å². The van der Waals surface area contributed by atoms with Crippen LogP contribution >= 0.6 is 0 Å². The Labute approximate surface area is 243 Å². The van der Waals surface area contributed by atoms with Gasteiger partial charge in [-0.15, -0.1) is 0 Å². The molecule has 1 N–H and O–H groups in total. The molecule has 1 aromatic heterocycles. The van der Waals surface area contributed by atoms with Crippen molar-refractivity contribution in [3.8, 4) is 11.5 Å². The molecule has 3 rings (SSSR count). The lowest BCUT2D eigenvalue weighted by Gasteiger charge is -2.25. The Morgan fingerprint density at radius 1 is 0.905 bits per heavy atom. The molecule has 0 unspecified atom stereocenters. The zero-order valence-electron chi connectivity index (χ0n) is 24.4. The Morgan fingerprint density at radius 3 is 1.90 bits per heavy atom. The van der Waals surface area contributed by atoms with Crippen LogP contribution in [0.4, 0.5) is 8.78 Å². The molecule has 3 aromatic rings. The molecule has 42 heavy (non-hydrogen) atoms. The van der Waals surface area contributed by atoms with Crippen LogP contribution in [0.15, 0.2) is 66.6 Å². The van der Waals surface area contributed by atoms with Crippen LogP contribution in [0.5, 0.6) is 11.5 Å². The number of nitrogens with one attached hydrogen (secondary N) is 1. The molecule has 0 aliphatic heterocycles. The fraction of sp³-hybridized carbons (Fsp3) is 0.312. The average molecular weight is 581 g/mol. The van der Waals surface area contributed by atoms with Crippen molar-refractivity contribution >= 4 is 23.4 Å². The molecule has 222 valence electrons. The molecule has 0 radical (unpaired) electrons. The molecule has 10 heteroatoms. The summed E-state index contributed by atoms with van der Waals surface area (Å²) in [6.07, 6.45) is 2.41. The SMILES string of the molecule is CCC(CC)C(=O)Oc1c(OC)ccnc1C(=O)NC(C)(C)C(=O)OC(C)=C(c1ccc(F)cc1)c1ccc(F)cc1. The van der Waals surface area contributed by atoms with Crippen molar-refractivity contribution in [3.63, 3.8) is 0 Å². The number of nitrogens with zero attached hydrogens (tertiary/aromatic N) is 1. The van der Waals surface area contributed by atoms with E-state index in [0.29, 0.717) is 29.5 Å². The van der Waals surface area contributed by atoms with Gasteiger partial charge in [-0.1, -0.05) is 38.1 Å². The summed E-state index contributed by atoms with van der Waals surface area (Å²) in [5, 5.41) is 2.59. The van der Waals surface area contributed by atoms with E-state index in [1.165, 1.54) is 88.7 Å². The Bertz CT molecular complexity index is 1420. The van der Waals surface area contributed by atoms with E-state index in [9.17, 15) is 23.2 Å². The van der Waals surface area contributed by atoms with Gasteiger partial charge in [0.2, 0.25) is 5.75 Å². The lowest BCUT2D eigenvalue weighted by atomic mass is 9.96. The molecule has 0 aliphatic carbocycles. The van der Waals surface area contributed by atoms with Crippen LogP contribution in [-0.4, -0.2) is 35.5 Å². The van der Waals surface area contributed by atoms with Gasteiger partial charge in [-0.05, 0) is 69.0 Å². The van der Waals surface area contributed by atoms with Gasteiger partial charge in [0, 0.05) is 17.8 Å². The molecule has 2 aromatic carbocycles. The molecule has 0 bridgehead atoms. The molecule has 0 fully saturated rings. The third-order valence-electron chi connectivity index (χ3n) is 6.62. The number of aromatic nitrogens is 1. The van der Waals surface area contributed by atoms with E-state index in [-0.39, 0.29) is 28.9 Å². The first-order valence-corrected chi connectivity index (χ1v) is 13.4. The lowest BCUT2D eigenvalue weighted by Crippen LogP contribution is -2.50. The number of halogens is 2. The average Bonchev–Trinajstić information content (AvgIpc) is 2.95. The zero-order valence-corrected chi connectivity index (χ0v) is 24.4. The van der Waals surface area contributed by atoms with Gasteiger partial charge < -0.3 is 19.5 Å². The number of pyridine rings is 1. The van der Waals surface area contributed by atoms with Crippen LogP contribution in [0.1, 0.15) is 69.1 Å². The smallest absolute Gasteiger partial charge is 0.336 e. The summed E-state index contributed by atoms with van der Waals surface area (Å²) >= 11 is 0. The van der Waals surface area contributed by atoms with E-state index >= 15 is 0 Å². The number of esters is 2. The van der Waals surface area contributed by atoms with Crippen molar-refractivity contribution in [3.05, 3.63) is 95.0 Å². The monoisotopic (exact) mass is 580 g/mol. The number of methoxy groups -OCH3 is 1. The molecule has 0 saturated heterocycles. The van der Waals surface area contributed by atoms with Crippen LogP contribution in [-0.2, 0) is 14.3 Å². The third-order valence-corrected chi connectivity index (χ3v) is 6.62. The van der Waals surface area contributed by atoms with Gasteiger partial charge in [0.25, 0.3) is 5.91 Å². The first-order chi connectivity index (χ1) is 19.9. The van der Waals surface area contributed by atoms with Crippen molar-refractivity contribution in [1.29, 1.82) is 0 Å². The van der Waals surface area contributed by atoms with Gasteiger partial charge in [-0.3, -0.25) is 9.59 Å². The number of carbonyl (C=O) groups excluding carboxylic acids is 3. The van der Waals surface area contributed by atoms with Crippen LogP contribution in [0.3, 0.4) is 0 Å². The number of allylic oxidation sites excluding steroid dienone is 1. The molecule has 0 atom stereocenters. The van der Waals surface area contributed by atoms with Crippen LogP contribution in [0.25, 0.3) is 5.57 Å². The van der Waals surface area contributed by atoms with Crippen molar-refractivity contribution in [2.24, 2.45) is 5.92 Å². The quantitative estimate of drug-likeness (QED) is 0.211. The maximum absolute atomic E-state index is 13.6. The van der Waals surface area contributed by atoms with Gasteiger partial charge in [0.1, 0.15) is 22.9 Å². The first-order valence-electron chi connectivity index (χ1n) is 13.4. The fourth-order valence-corrected chi connectivity index (χ4v) is 4.18. The normalized spacial score (nSPS) is 11.1. The number of rotatable bonds is 11. The van der Waals surface area contributed by atoms with Gasteiger partial charge in [0.05, 0.1) is 13.0 Å².